The second-order valence-electron chi connectivity index (χ2n) is 7.94. The van der Waals surface area contributed by atoms with E-state index in [4.69, 9.17) is 9.26 Å². The second kappa shape index (κ2) is 6.81. The van der Waals surface area contributed by atoms with E-state index in [-0.39, 0.29) is 17.9 Å². The Morgan fingerprint density at radius 3 is 2.90 bits per heavy atom. The Morgan fingerprint density at radius 1 is 1.31 bits per heavy atom. The minimum Gasteiger partial charge on any atom is -0.360 e. The number of amides is 2. The van der Waals surface area contributed by atoms with Gasteiger partial charge in [-0.2, -0.15) is 0 Å². The number of fused-ring (bicyclic) bond motifs is 1. The van der Waals surface area contributed by atoms with Gasteiger partial charge in [-0.05, 0) is 24.1 Å². The van der Waals surface area contributed by atoms with Crippen molar-refractivity contribution in [3.8, 4) is 0 Å². The minimum atomic E-state index is -0.687. The normalized spacial score (nSPS) is 29.5. The molecule has 2 fully saturated rings. The smallest absolute Gasteiger partial charge is 0.230 e. The Bertz CT molecular complexity index is 945. The van der Waals surface area contributed by atoms with Crippen molar-refractivity contribution >= 4 is 11.8 Å². The lowest BCUT2D eigenvalue weighted by Crippen LogP contribution is -2.44. The Labute approximate surface area is 168 Å². The molecule has 5 rings (SSSR count). The number of likely N-dealkylation sites (tertiary alicyclic amines) is 1. The Kier molecular flexibility index (Phi) is 4.24. The summed E-state index contributed by atoms with van der Waals surface area (Å²) >= 11 is 0. The van der Waals surface area contributed by atoms with Crippen molar-refractivity contribution in [2.75, 3.05) is 20.1 Å². The van der Waals surface area contributed by atoms with Gasteiger partial charge >= 0.3 is 0 Å². The molecule has 3 aliphatic heterocycles. The average molecular weight is 394 g/mol. The van der Waals surface area contributed by atoms with E-state index in [9.17, 15) is 9.59 Å². The Morgan fingerprint density at radius 2 is 2.14 bits per heavy atom. The molecule has 2 aromatic heterocycles. The van der Waals surface area contributed by atoms with Crippen molar-refractivity contribution < 1.29 is 18.8 Å². The number of pyridine rings is 1. The topological polar surface area (TPSA) is 88.8 Å². The first-order valence-corrected chi connectivity index (χ1v) is 9.77. The van der Waals surface area contributed by atoms with Crippen LogP contribution in [0.15, 0.2) is 53.5 Å². The summed E-state index contributed by atoms with van der Waals surface area (Å²) in [6.07, 6.45) is 9.35. The molecule has 4 atom stereocenters. The summed E-state index contributed by atoms with van der Waals surface area (Å²) in [6, 6.07) is 5.63. The monoisotopic (exact) mass is 394 g/mol. The number of carbonyl (C=O) groups is 2. The maximum Gasteiger partial charge on any atom is 0.230 e. The van der Waals surface area contributed by atoms with Crippen LogP contribution >= 0.6 is 0 Å². The molecule has 2 bridgehead atoms. The van der Waals surface area contributed by atoms with E-state index < -0.39 is 17.4 Å². The minimum absolute atomic E-state index is 0.00248. The van der Waals surface area contributed by atoms with Gasteiger partial charge in [-0.15, -0.1) is 0 Å². The Hall–Kier alpha value is -3.00. The van der Waals surface area contributed by atoms with Gasteiger partial charge in [0.15, 0.2) is 5.76 Å². The second-order valence-corrected chi connectivity index (χ2v) is 7.94. The van der Waals surface area contributed by atoms with Crippen molar-refractivity contribution in [3.05, 3.63) is 60.3 Å². The van der Waals surface area contributed by atoms with Crippen molar-refractivity contribution in [1.29, 1.82) is 0 Å². The molecule has 8 nitrogen and oxygen atoms in total. The summed E-state index contributed by atoms with van der Waals surface area (Å²) in [4.78, 5) is 33.9. The summed E-state index contributed by atoms with van der Waals surface area (Å²) in [7, 11) is 1.72. The van der Waals surface area contributed by atoms with Gasteiger partial charge in [0.05, 0.1) is 37.2 Å². The molecule has 2 aromatic rings. The summed E-state index contributed by atoms with van der Waals surface area (Å²) in [5.41, 5.74) is 0.440. The molecule has 2 amide bonds. The van der Waals surface area contributed by atoms with Crippen molar-refractivity contribution in [3.63, 3.8) is 0 Å². The van der Waals surface area contributed by atoms with Gasteiger partial charge in [0, 0.05) is 32.1 Å². The molecule has 3 aliphatic rings. The molecule has 0 radical (unpaired) electrons. The molecule has 0 aromatic carbocycles. The largest absolute Gasteiger partial charge is 0.360 e. The molecule has 0 saturated carbocycles. The molecule has 5 heterocycles. The number of ether oxygens (including phenoxy) is 1. The van der Waals surface area contributed by atoms with Crippen LogP contribution in [-0.2, 0) is 27.3 Å². The van der Waals surface area contributed by atoms with Crippen LogP contribution in [-0.4, -0.2) is 63.6 Å². The fraction of sp³-hybridized carbons (Fsp3) is 0.429. The highest BCUT2D eigenvalue weighted by atomic mass is 16.5. The summed E-state index contributed by atoms with van der Waals surface area (Å²) in [5.74, 6) is -0.484. The van der Waals surface area contributed by atoms with E-state index in [1.807, 2.05) is 29.2 Å². The zero-order valence-corrected chi connectivity index (χ0v) is 16.1. The third kappa shape index (κ3) is 2.95. The number of rotatable bonds is 6. The van der Waals surface area contributed by atoms with Gasteiger partial charge in [0.1, 0.15) is 5.60 Å². The van der Waals surface area contributed by atoms with Gasteiger partial charge in [-0.3, -0.25) is 14.6 Å². The van der Waals surface area contributed by atoms with Crippen LogP contribution in [0.1, 0.15) is 11.3 Å². The van der Waals surface area contributed by atoms with Gasteiger partial charge in [0.25, 0.3) is 0 Å². The molecule has 29 heavy (non-hydrogen) atoms. The van der Waals surface area contributed by atoms with E-state index in [1.165, 1.54) is 0 Å². The predicted octanol–water partition coefficient (Wildman–Crippen LogP) is 1.05. The molecule has 2 unspecified atom stereocenters. The van der Waals surface area contributed by atoms with Crippen LogP contribution in [0.2, 0.25) is 0 Å². The molecule has 0 aliphatic carbocycles. The first kappa shape index (κ1) is 18.1. The quantitative estimate of drug-likeness (QED) is 0.681. The average Bonchev–Trinajstić information content (AvgIpc) is 3.49. The van der Waals surface area contributed by atoms with E-state index in [0.29, 0.717) is 25.4 Å². The van der Waals surface area contributed by atoms with Crippen LogP contribution < -0.4 is 0 Å². The maximum atomic E-state index is 13.2. The number of hydrogen-bond donors (Lipinski definition) is 0. The van der Waals surface area contributed by atoms with Gasteiger partial charge in [-0.1, -0.05) is 17.3 Å². The lowest BCUT2D eigenvalue weighted by Gasteiger charge is -2.27. The molecule has 1 spiro atoms. The Balaban J connectivity index is 1.32. The number of aromatic nitrogens is 2. The van der Waals surface area contributed by atoms with E-state index in [0.717, 1.165) is 12.0 Å². The molecular formula is C21H22N4O4. The first-order valence-electron chi connectivity index (χ1n) is 9.77. The lowest BCUT2D eigenvalue weighted by molar-refractivity contribution is -0.142. The summed E-state index contributed by atoms with van der Waals surface area (Å²) < 4.78 is 11.3. The molecular weight excluding hydrogens is 372 g/mol. The van der Waals surface area contributed by atoms with Crippen LogP contribution in [0.4, 0.5) is 0 Å². The van der Waals surface area contributed by atoms with Gasteiger partial charge in [-0.25, -0.2) is 0 Å². The summed E-state index contributed by atoms with van der Waals surface area (Å²) in [6.45, 7) is 1.40. The number of hydrogen-bond acceptors (Lipinski definition) is 6. The SMILES string of the molecule is CN(Cc1ccno1)C(=O)C1C2C(=O)N(CCc3ccncc3)C[C@]23C=C[C@H]1O3. The van der Waals surface area contributed by atoms with Gasteiger partial charge < -0.3 is 19.1 Å². The highest BCUT2D eigenvalue weighted by Crippen LogP contribution is 2.52. The molecule has 8 heteroatoms. The van der Waals surface area contributed by atoms with Crippen molar-refractivity contribution in [2.45, 2.75) is 24.7 Å². The summed E-state index contributed by atoms with van der Waals surface area (Å²) in [5, 5.41) is 3.68. The van der Waals surface area contributed by atoms with Crippen LogP contribution in [0.5, 0.6) is 0 Å². The molecule has 150 valence electrons. The highest BCUT2D eigenvalue weighted by Gasteiger charge is 2.66. The predicted molar refractivity (Wildman–Crippen MR) is 101 cm³/mol. The zero-order valence-electron chi connectivity index (χ0n) is 16.1. The molecule has 0 N–H and O–H groups in total. The zero-order chi connectivity index (χ0) is 20.0. The number of carbonyl (C=O) groups excluding carboxylic acids is 2. The van der Waals surface area contributed by atoms with E-state index >= 15 is 0 Å². The van der Waals surface area contributed by atoms with Crippen molar-refractivity contribution in [2.24, 2.45) is 11.8 Å². The molecule has 2 saturated heterocycles. The fourth-order valence-electron chi connectivity index (χ4n) is 4.75. The third-order valence-corrected chi connectivity index (χ3v) is 6.14. The van der Waals surface area contributed by atoms with E-state index in [1.54, 1.807) is 36.6 Å². The third-order valence-electron chi connectivity index (χ3n) is 6.14. The van der Waals surface area contributed by atoms with Crippen LogP contribution in [0, 0.1) is 11.8 Å². The fourth-order valence-corrected chi connectivity index (χ4v) is 4.75. The standard InChI is InChI=1S/C21H22N4O4/c1-24(12-15-5-10-23-29-15)19(26)17-16-2-7-21(28-16)13-25(20(27)18(17)21)11-6-14-3-8-22-9-4-14/h2-5,7-10,16-18H,6,11-13H2,1H3/t16-,17?,18?,21-/m1/s1. The van der Waals surface area contributed by atoms with E-state index in [2.05, 4.69) is 10.1 Å². The number of nitrogens with zero attached hydrogens (tertiary/aromatic N) is 4. The lowest BCUT2D eigenvalue weighted by atomic mass is 9.76. The van der Waals surface area contributed by atoms with Crippen LogP contribution in [0.3, 0.4) is 0 Å². The van der Waals surface area contributed by atoms with Crippen molar-refractivity contribution in [1.82, 2.24) is 19.9 Å². The maximum absolute atomic E-state index is 13.2. The van der Waals surface area contributed by atoms with Crippen LogP contribution in [0.25, 0.3) is 0 Å². The van der Waals surface area contributed by atoms with Gasteiger partial charge in [0.2, 0.25) is 11.8 Å². The highest BCUT2D eigenvalue weighted by molar-refractivity contribution is 5.93. The first-order chi connectivity index (χ1) is 14.1.